The van der Waals surface area contributed by atoms with Crippen molar-refractivity contribution in [3.63, 3.8) is 0 Å². The molecule has 0 bridgehead atoms. The fraction of sp³-hybridized carbons (Fsp3) is 0. The summed E-state index contributed by atoms with van der Waals surface area (Å²) < 4.78 is 14.3. The van der Waals surface area contributed by atoms with Crippen LogP contribution in [-0.4, -0.2) is 9.13 Å². The van der Waals surface area contributed by atoms with E-state index >= 15 is 0 Å². The molecule has 0 aliphatic heterocycles. The van der Waals surface area contributed by atoms with Crippen LogP contribution in [0.1, 0.15) is 0 Å². The third-order valence-corrected chi connectivity index (χ3v) is 12.1. The number of para-hydroxylation sites is 4. The van der Waals surface area contributed by atoms with Crippen molar-refractivity contribution < 1.29 is 4.42 Å². The molecule has 8 aromatic carbocycles. The molecule has 12 aromatic rings. The van der Waals surface area contributed by atoms with E-state index in [0.29, 0.717) is 0 Å². The number of furan rings is 1. The van der Waals surface area contributed by atoms with Crippen LogP contribution in [-0.2, 0) is 0 Å². The highest BCUT2D eigenvalue weighted by Crippen LogP contribution is 2.45. The zero-order valence-corrected chi connectivity index (χ0v) is 28.7. The molecule has 4 aromatic heterocycles. The molecule has 0 fully saturated rings. The van der Waals surface area contributed by atoms with Crippen LogP contribution in [0.2, 0.25) is 0 Å². The van der Waals surface area contributed by atoms with Gasteiger partial charge in [-0.3, -0.25) is 0 Å². The molecule has 0 spiro atoms. The Morgan fingerprint density at radius 1 is 0.442 bits per heavy atom. The second kappa shape index (κ2) is 10.5. The van der Waals surface area contributed by atoms with Gasteiger partial charge in [0.2, 0.25) is 0 Å². The zero-order chi connectivity index (χ0) is 33.9. The lowest BCUT2D eigenvalue weighted by Crippen LogP contribution is -2.00. The molecule has 4 heterocycles. The van der Waals surface area contributed by atoms with Crippen LogP contribution in [0, 0.1) is 0 Å². The van der Waals surface area contributed by atoms with E-state index in [1.807, 2.05) is 17.4 Å². The van der Waals surface area contributed by atoms with E-state index in [4.69, 9.17) is 4.42 Å². The highest BCUT2D eigenvalue weighted by Gasteiger charge is 2.23. The lowest BCUT2D eigenvalue weighted by molar-refractivity contribution is 0.673. The van der Waals surface area contributed by atoms with Crippen molar-refractivity contribution in [1.82, 2.24) is 9.13 Å². The molecule has 0 radical (unpaired) electrons. The number of hydrogen-bond donors (Lipinski definition) is 0. The van der Waals surface area contributed by atoms with Gasteiger partial charge < -0.3 is 13.6 Å². The summed E-state index contributed by atoms with van der Waals surface area (Å²) in [7, 11) is 0. The van der Waals surface area contributed by atoms with Crippen LogP contribution in [0.15, 0.2) is 174 Å². The third-order valence-electron chi connectivity index (χ3n) is 10.9. The van der Waals surface area contributed by atoms with Crippen LogP contribution in [0.3, 0.4) is 0 Å². The molecule has 0 amide bonds. The zero-order valence-electron chi connectivity index (χ0n) is 27.9. The molecule has 0 saturated heterocycles. The Morgan fingerprint density at radius 3 is 1.96 bits per heavy atom. The molecule has 3 nitrogen and oxygen atoms in total. The molecular formula is C48H28N2OS. The second-order valence-corrected chi connectivity index (χ2v) is 14.7. The van der Waals surface area contributed by atoms with E-state index in [-0.39, 0.29) is 0 Å². The fourth-order valence-corrected chi connectivity index (χ4v) is 9.97. The van der Waals surface area contributed by atoms with E-state index in [0.717, 1.165) is 55.1 Å². The normalized spacial score (nSPS) is 12.2. The van der Waals surface area contributed by atoms with Gasteiger partial charge in [-0.25, -0.2) is 0 Å². The lowest BCUT2D eigenvalue weighted by atomic mass is 10.0. The SMILES string of the molecule is c1cc(-c2cccc3c2sc2ccccc23)cc(-n2c3ccc4c5ccccc5oc4c3c3cccc(-n4c5ccccc5c5ccccc54)c32)c1. The number of benzene rings is 8. The molecule has 4 heteroatoms. The fourth-order valence-electron chi connectivity index (χ4n) is 8.73. The largest absolute Gasteiger partial charge is 0.455 e. The Labute approximate surface area is 301 Å². The molecule has 0 unspecified atom stereocenters. The van der Waals surface area contributed by atoms with Gasteiger partial charge in [-0.2, -0.15) is 0 Å². The summed E-state index contributed by atoms with van der Waals surface area (Å²) >= 11 is 1.88. The predicted octanol–water partition coefficient (Wildman–Crippen LogP) is 13.8. The highest BCUT2D eigenvalue weighted by atomic mass is 32.1. The van der Waals surface area contributed by atoms with E-state index in [9.17, 15) is 0 Å². The lowest BCUT2D eigenvalue weighted by Gasteiger charge is -2.15. The summed E-state index contributed by atoms with van der Waals surface area (Å²) in [6, 6.07) is 61.7. The Morgan fingerprint density at radius 2 is 1.12 bits per heavy atom. The number of rotatable bonds is 3. The van der Waals surface area contributed by atoms with Gasteiger partial charge in [0.15, 0.2) is 0 Å². The number of nitrogens with zero attached hydrogens (tertiary/aromatic N) is 2. The number of fused-ring (bicyclic) bond motifs is 13. The van der Waals surface area contributed by atoms with Gasteiger partial charge in [0.25, 0.3) is 0 Å². The topological polar surface area (TPSA) is 23.0 Å². The van der Waals surface area contributed by atoms with Crippen molar-refractivity contribution in [3.8, 4) is 22.5 Å². The summed E-state index contributed by atoms with van der Waals surface area (Å²) in [4.78, 5) is 0. The number of thiophene rings is 1. The summed E-state index contributed by atoms with van der Waals surface area (Å²) in [5.41, 5.74) is 11.2. The maximum Gasteiger partial charge on any atom is 0.145 e. The first-order valence-corrected chi connectivity index (χ1v) is 18.5. The van der Waals surface area contributed by atoms with Crippen LogP contribution < -0.4 is 0 Å². The van der Waals surface area contributed by atoms with Crippen molar-refractivity contribution >= 4 is 97.1 Å². The van der Waals surface area contributed by atoms with Gasteiger partial charge in [0.1, 0.15) is 11.2 Å². The van der Waals surface area contributed by atoms with Crippen molar-refractivity contribution in [1.29, 1.82) is 0 Å². The van der Waals surface area contributed by atoms with Crippen molar-refractivity contribution in [2.75, 3.05) is 0 Å². The van der Waals surface area contributed by atoms with Gasteiger partial charge in [0, 0.05) is 52.8 Å². The van der Waals surface area contributed by atoms with Crippen molar-refractivity contribution in [2.45, 2.75) is 0 Å². The van der Waals surface area contributed by atoms with E-state index in [1.165, 1.54) is 53.1 Å². The maximum atomic E-state index is 6.75. The Bertz CT molecular complexity index is 3370. The van der Waals surface area contributed by atoms with Gasteiger partial charge >= 0.3 is 0 Å². The van der Waals surface area contributed by atoms with Crippen molar-refractivity contribution in [2.24, 2.45) is 0 Å². The molecule has 52 heavy (non-hydrogen) atoms. The standard InChI is InChI=1S/C48H28N2OS/c1-5-21-39-32(14-1)33-15-2-6-22-40(33)50(39)42-23-11-20-38-45-41(27-26-36-34-16-3-7-24-43(34)51-47(36)45)49(46(38)42)30-13-9-12-29(28-30)31-18-10-19-37-35-17-4-8-25-44(35)52-48(31)37/h1-28H. The van der Waals surface area contributed by atoms with Gasteiger partial charge in [-0.15, -0.1) is 11.3 Å². The van der Waals surface area contributed by atoms with Gasteiger partial charge in [0.05, 0.1) is 33.1 Å². The minimum absolute atomic E-state index is 0.905. The summed E-state index contributed by atoms with van der Waals surface area (Å²) in [6.07, 6.45) is 0. The average Bonchev–Trinajstić information content (AvgIpc) is 3.95. The van der Waals surface area contributed by atoms with Crippen molar-refractivity contribution in [3.05, 3.63) is 170 Å². The van der Waals surface area contributed by atoms with Crippen LogP contribution in [0.4, 0.5) is 0 Å². The number of hydrogen-bond acceptors (Lipinski definition) is 2. The second-order valence-electron chi connectivity index (χ2n) is 13.6. The molecule has 242 valence electrons. The third kappa shape index (κ3) is 3.74. The first kappa shape index (κ1) is 28.1. The Balaban J connectivity index is 1.22. The van der Waals surface area contributed by atoms with Crippen LogP contribution in [0.5, 0.6) is 0 Å². The molecule has 0 aliphatic rings. The first-order chi connectivity index (χ1) is 25.8. The summed E-state index contributed by atoms with van der Waals surface area (Å²) in [5.74, 6) is 0. The van der Waals surface area contributed by atoms with Gasteiger partial charge in [-0.05, 0) is 65.7 Å². The smallest absolute Gasteiger partial charge is 0.145 e. The molecule has 0 atom stereocenters. The first-order valence-electron chi connectivity index (χ1n) is 17.7. The van der Waals surface area contributed by atoms with E-state index in [1.54, 1.807) is 0 Å². The Kier molecular flexibility index (Phi) is 5.65. The van der Waals surface area contributed by atoms with Gasteiger partial charge in [-0.1, -0.05) is 115 Å². The molecule has 0 saturated carbocycles. The Hall–Kier alpha value is -6.62. The molecular weight excluding hydrogens is 653 g/mol. The number of aromatic nitrogens is 2. The quantitative estimate of drug-likeness (QED) is 0.182. The predicted molar refractivity (Wildman–Crippen MR) is 221 cm³/mol. The van der Waals surface area contributed by atoms with E-state index in [2.05, 4.69) is 173 Å². The maximum absolute atomic E-state index is 6.75. The average molecular weight is 681 g/mol. The molecule has 12 rings (SSSR count). The van der Waals surface area contributed by atoms with Crippen LogP contribution in [0.25, 0.3) is 108 Å². The molecule has 0 N–H and O–H groups in total. The summed E-state index contributed by atoms with van der Waals surface area (Å²) in [5, 5.41) is 9.67. The van der Waals surface area contributed by atoms with Crippen LogP contribution >= 0.6 is 11.3 Å². The minimum atomic E-state index is 0.905. The minimum Gasteiger partial charge on any atom is -0.455 e. The molecule has 0 aliphatic carbocycles. The monoisotopic (exact) mass is 680 g/mol. The highest BCUT2D eigenvalue weighted by molar-refractivity contribution is 7.26. The van der Waals surface area contributed by atoms with E-state index < -0.39 is 0 Å². The summed E-state index contributed by atoms with van der Waals surface area (Å²) in [6.45, 7) is 0.